The summed E-state index contributed by atoms with van der Waals surface area (Å²) in [7, 11) is -2.84. The lowest BCUT2D eigenvalue weighted by Gasteiger charge is -2.13. The van der Waals surface area contributed by atoms with Crippen LogP contribution in [0.4, 0.5) is 5.69 Å². The molecular weight excluding hydrogens is 178 g/mol. The molecule has 5 heteroatoms. The maximum atomic E-state index is 10.6. The minimum atomic E-state index is -4.12. The zero-order chi connectivity index (χ0) is 9.19. The molecule has 0 aliphatic rings. The highest BCUT2D eigenvalue weighted by molar-refractivity contribution is 7.87. The van der Waals surface area contributed by atoms with E-state index in [1.54, 1.807) is 30.3 Å². The minimum Gasteiger partial charge on any atom is -0.269 e. The van der Waals surface area contributed by atoms with E-state index in [2.05, 4.69) is 0 Å². The van der Waals surface area contributed by atoms with Gasteiger partial charge in [-0.25, -0.2) is 0 Å². The molecule has 0 aromatic heterocycles. The summed E-state index contributed by atoms with van der Waals surface area (Å²) in [6.45, 7) is 0. The number of anilines is 1. The molecule has 0 unspecified atom stereocenters. The van der Waals surface area contributed by atoms with Gasteiger partial charge in [0, 0.05) is 7.05 Å². The van der Waals surface area contributed by atoms with E-state index in [1.165, 1.54) is 7.05 Å². The van der Waals surface area contributed by atoms with Gasteiger partial charge < -0.3 is 0 Å². The van der Waals surface area contributed by atoms with Crippen LogP contribution in [0.3, 0.4) is 0 Å². The Balaban J connectivity index is 3.02. The van der Waals surface area contributed by atoms with E-state index in [1.807, 2.05) is 0 Å². The summed E-state index contributed by atoms with van der Waals surface area (Å²) < 4.78 is 30.7. The Morgan fingerprint density at radius 2 is 1.75 bits per heavy atom. The minimum absolute atomic E-state index is 0.431. The summed E-state index contributed by atoms with van der Waals surface area (Å²) in [5, 5.41) is 0. The van der Waals surface area contributed by atoms with Crippen molar-refractivity contribution in [1.82, 2.24) is 0 Å². The fourth-order valence-electron chi connectivity index (χ4n) is 0.771. The number of hydrogen-bond acceptors (Lipinski definition) is 2. The molecule has 0 heterocycles. The van der Waals surface area contributed by atoms with Crippen molar-refractivity contribution >= 4 is 16.0 Å². The fourth-order valence-corrected chi connectivity index (χ4v) is 1.16. The van der Waals surface area contributed by atoms with Crippen LogP contribution in [0.15, 0.2) is 30.3 Å². The van der Waals surface area contributed by atoms with Crippen LogP contribution >= 0.6 is 0 Å². The molecule has 0 saturated heterocycles. The molecule has 0 aliphatic heterocycles. The number of nitrogens with zero attached hydrogens (tertiary/aromatic N) is 1. The summed E-state index contributed by atoms with van der Waals surface area (Å²) in [4.78, 5) is 0. The topological polar surface area (TPSA) is 57.6 Å². The third-order valence-corrected chi connectivity index (χ3v) is 2.37. The molecule has 1 aromatic carbocycles. The van der Waals surface area contributed by atoms with Crippen LogP contribution in [0.5, 0.6) is 0 Å². The molecule has 1 aromatic rings. The van der Waals surface area contributed by atoms with Crippen LogP contribution < -0.4 is 4.31 Å². The van der Waals surface area contributed by atoms with Crippen molar-refractivity contribution < 1.29 is 13.0 Å². The first kappa shape index (κ1) is 9.02. The average molecular weight is 187 g/mol. The van der Waals surface area contributed by atoms with E-state index in [-0.39, 0.29) is 0 Å². The maximum absolute atomic E-state index is 10.6. The third-order valence-electron chi connectivity index (χ3n) is 1.47. The molecule has 12 heavy (non-hydrogen) atoms. The number of rotatable bonds is 2. The summed E-state index contributed by atoms with van der Waals surface area (Å²) >= 11 is 0. The Hall–Kier alpha value is -1.07. The Morgan fingerprint density at radius 3 is 2.17 bits per heavy atom. The van der Waals surface area contributed by atoms with Crippen LogP contribution in [0.25, 0.3) is 0 Å². The fraction of sp³-hybridized carbons (Fsp3) is 0.143. The molecule has 0 aliphatic carbocycles. The van der Waals surface area contributed by atoms with Gasteiger partial charge in [-0.15, -0.1) is 0 Å². The SMILES string of the molecule is CN(c1ccccc1)S(=O)(=O)O. The van der Waals surface area contributed by atoms with E-state index in [0.717, 1.165) is 4.31 Å². The first-order valence-electron chi connectivity index (χ1n) is 3.28. The van der Waals surface area contributed by atoms with Crippen molar-refractivity contribution in [1.29, 1.82) is 0 Å². The first-order valence-corrected chi connectivity index (χ1v) is 4.68. The van der Waals surface area contributed by atoms with E-state index < -0.39 is 10.3 Å². The molecule has 0 saturated carbocycles. The van der Waals surface area contributed by atoms with Gasteiger partial charge in [0.15, 0.2) is 0 Å². The van der Waals surface area contributed by atoms with Crippen molar-refractivity contribution in [3.05, 3.63) is 30.3 Å². The molecule has 0 bridgehead atoms. The lowest BCUT2D eigenvalue weighted by atomic mass is 10.3. The molecule has 0 spiro atoms. The summed E-state index contributed by atoms with van der Waals surface area (Å²) in [6, 6.07) is 8.33. The number of benzene rings is 1. The van der Waals surface area contributed by atoms with Gasteiger partial charge in [0.25, 0.3) is 0 Å². The molecule has 66 valence electrons. The third kappa shape index (κ3) is 1.96. The van der Waals surface area contributed by atoms with Gasteiger partial charge in [-0.3, -0.25) is 8.86 Å². The summed E-state index contributed by atoms with van der Waals surface area (Å²) in [5.74, 6) is 0. The Labute approximate surface area is 71.3 Å². The summed E-state index contributed by atoms with van der Waals surface area (Å²) in [6.07, 6.45) is 0. The van der Waals surface area contributed by atoms with Gasteiger partial charge in [-0.2, -0.15) is 8.42 Å². The lowest BCUT2D eigenvalue weighted by molar-refractivity contribution is 0.481. The molecule has 0 radical (unpaired) electrons. The molecule has 1 N–H and O–H groups in total. The molecule has 0 fully saturated rings. The maximum Gasteiger partial charge on any atom is 0.359 e. The molecule has 1 rings (SSSR count). The average Bonchev–Trinajstić information content (AvgIpc) is 2.03. The molecular formula is C7H9NO3S. The first-order chi connectivity index (χ1) is 5.52. The van der Waals surface area contributed by atoms with Crippen LogP contribution in [0.2, 0.25) is 0 Å². The van der Waals surface area contributed by atoms with Crippen LogP contribution in [-0.2, 0) is 10.3 Å². The Bertz CT molecular complexity index is 346. The predicted molar refractivity (Wildman–Crippen MR) is 46.4 cm³/mol. The molecule has 0 atom stereocenters. The number of hydrogen-bond donors (Lipinski definition) is 1. The second-order valence-corrected chi connectivity index (χ2v) is 3.72. The van der Waals surface area contributed by atoms with Gasteiger partial charge in [-0.05, 0) is 12.1 Å². The van der Waals surface area contributed by atoms with E-state index >= 15 is 0 Å². The normalized spacial score (nSPS) is 11.2. The number of para-hydroxylation sites is 1. The molecule has 4 nitrogen and oxygen atoms in total. The smallest absolute Gasteiger partial charge is 0.269 e. The van der Waals surface area contributed by atoms with Gasteiger partial charge in [0.1, 0.15) is 0 Å². The van der Waals surface area contributed by atoms with E-state index in [0.29, 0.717) is 5.69 Å². The highest BCUT2D eigenvalue weighted by Gasteiger charge is 2.12. The van der Waals surface area contributed by atoms with Gasteiger partial charge in [0.05, 0.1) is 5.69 Å². The zero-order valence-corrected chi connectivity index (χ0v) is 7.32. The van der Waals surface area contributed by atoms with Crippen molar-refractivity contribution in [2.75, 3.05) is 11.4 Å². The van der Waals surface area contributed by atoms with Gasteiger partial charge in [-0.1, -0.05) is 18.2 Å². The van der Waals surface area contributed by atoms with E-state index in [4.69, 9.17) is 4.55 Å². The highest BCUT2D eigenvalue weighted by atomic mass is 32.2. The van der Waals surface area contributed by atoms with E-state index in [9.17, 15) is 8.42 Å². The summed E-state index contributed by atoms with van der Waals surface area (Å²) in [5.41, 5.74) is 0.431. The standard InChI is InChI=1S/C7H9NO3S/c1-8(12(9,10)11)7-5-3-2-4-6-7/h2-6H,1H3,(H,9,10,11). The molecule has 0 amide bonds. The highest BCUT2D eigenvalue weighted by Crippen LogP contribution is 2.13. The van der Waals surface area contributed by atoms with Crippen molar-refractivity contribution in [3.63, 3.8) is 0 Å². The second kappa shape index (κ2) is 3.12. The second-order valence-electron chi connectivity index (χ2n) is 2.28. The lowest BCUT2D eigenvalue weighted by Crippen LogP contribution is -2.25. The van der Waals surface area contributed by atoms with Crippen LogP contribution in [0, 0.1) is 0 Å². The van der Waals surface area contributed by atoms with Crippen LogP contribution in [-0.4, -0.2) is 20.0 Å². The van der Waals surface area contributed by atoms with Crippen LogP contribution in [0.1, 0.15) is 0 Å². The largest absolute Gasteiger partial charge is 0.359 e. The van der Waals surface area contributed by atoms with Crippen molar-refractivity contribution in [2.24, 2.45) is 0 Å². The Kier molecular flexibility index (Phi) is 2.35. The van der Waals surface area contributed by atoms with Gasteiger partial charge >= 0.3 is 10.3 Å². The van der Waals surface area contributed by atoms with Crippen molar-refractivity contribution in [2.45, 2.75) is 0 Å². The van der Waals surface area contributed by atoms with Crippen molar-refractivity contribution in [3.8, 4) is 0 Å². The Morgan fingerprint density at radius 1 is 1.25 bits per heavy atom. The zero-order valence-electron chi connectivity index (χ0n) is 6.51. The predicted octanol–water partition coefficient (Wildman–Crippen LogP) is 0.926. The monoisotopic (exact) mass is 187 g/mol. The van der Waals surface area contributed by atoms with Gasteiger partial charge in [0.2, 0.25) is 0 Å². The quantitative estimate of drug-likeness (QED) is 0.700.